The number of benzene rings is 1. The largest absolute Gasteiger partial charge is 0.451 e. The molecule has 2 heterocycles. The number of carbonyl (C=O) groups is 2. The number of aryl methyl sites for hydroxylation is 2. The zero-order valence-electron chi connectivity index (χ0n) is 15.4. The molecule has 0 aliphatic rings. The molecule has 0 fully saturated rings. The number of esters is 1. The molecular formula is C18H13ClF3N3O4S. The maximum Gasteiger partial charge on any atom is 0.416 e. The Morgan fingerprint density at radius 1 is 1.30 bits per heavy atom. The molecule has 158 valence electrons. The summed E-state index contributed by atoms with van der Waals surface area (Å²) in [5.74, 6) is -1.36. The Morgan fingerprint density at radius 3 is 2.67 bits per heavy atom. The van der Waals surface area contributed by atoms with Crippen LogP contribution in [0.2, 0.25) is 5.02 Å². The second kappa shape index (κ2) is 8.07. The minimum Gasteiger partial charge on any atom is -0.451 e. The molecule has 0 atom stereocenters. The number of aromatic nitrogens is 2. The fourth-order valence-corrected chi connectivity index (χ4v) is 3.91. The second-order valence-electron chi connectivity index (χ2n) is 6.20. The van der Waals surface area contributed by atoms with E-state index in [4.69, 9.17) is 16.3 Å². The smallest absolute Gasteiger partial charge is 0.416 e. The minimum atomic E-state index is -4.61. The molecule has 1 amide bonds. The molecule has 0 saturated heterocycles. The number of alkyl halides is 3. The van der Waals surface area contributed by atoms with Crippen LogP contribution < -0.4 is 10.9 Å². The lowest BCUT2D eigenvalue weighted by atomic mass is 10.2. The number of hydrogen-bond donors (Lipinski definition) is 2. The highest BCUT2D eigenvalue weighted by molar-refractivity contribution is 7.20. The number of anilines is 1. The Hall–Kier alpha value is -2.92. The SMILES string of the molecule is Cc1nc2sc(C(=O)OCC(=O)Nc3cc(C(F)(F)F)ccc3Cl)c(C)c2c(=O)[nH]1. The first-order chi connectivity index (χ1) is 14.0. The van der Waals surface area contributed by atoms with E-state index in [0.29, 0.717) is 22.3 Å². The summed E-state index contributed by atoms with van der Waals surface area (Å²) in [5, 5.41) is 2.32. The Labute approximate surface area is 175 Å². The van der Waals surface area contributed by atoms with E-state index in [1.54, 1.807) is 13.8 Å². The zero-order valence-corrected chi connectivity index (χ0v) is 17.0. The molecule has 0 aliphatic heterocycles. The van der Waals surface area contributed by atoms with Crippen LogP contribution in [-0.4, -0.2) is 28.5 Å². The summed E-state index contributed by atoms with van der Waals surface area (Å²) >= 11 is 6.75. The van der Waals surface area contributed by atoms with Crippen molar-refractivity contribution in [3.63, 3.8) is 0 Å². The summed E-state index contributed by atoms with van der Waals surface area (Å²) < 4.78 is 43.3. The molecule has 30 heavy (non-hydrogen) atoms. The molecule has 7 nitrogen and oxygen atoms in total. The van der Waals surface area contributed by atoms with Crippen molar-refractivity contribution >= 4 is 50.7 Å². The van der Waals surface area contributed by atoms with E-state index in [1.165, 1.54) is 0 Å². The predicted molar refractivity (Wildman–Crippen MR) is 105 cm³/mol. The third-order valence-corrected chi connectivity index (χ3v) is 5.50. The highest BCUT2D eigenvalue weighted by Gasteiger charge is 2.31. The van der Waals surface area contributed by atoms with Crippen molar-refractivity contribution in [1.82, 2.24) is 9.97 Å². The Balaban J connectivity index is 1.72. The lowest BCUT2D eigenvalue weighted by molar-refractivity contribution is -0.137. The summed E-state index contributed by atoms with van der Waals surface area (Å²) in [6.07, 6.45) is -4.61. The monoisotopic (exact) mass is 459 g/mol. The fraction of sp³-hybridized carbons (Fsp3) is 0.222. The number of thiophene rings is 1. The van der Waals surface area contributed by atoms with Crippen LogP contribution in [0.15, 0.2) is 23.0 Å². The van der Waals surface area contributed by atoms with Crippen LogP contribution in [0, 0.1) is 13.8 Å². The van der Waals surface area contributed by atoms with Gasteiger partial charge in [0.1, 0.15) is 15.5 Å². The highest BCUT2D eigenvalue weighted by atomic mass is 35.5. The molecule has 0 saturated carbocycles. The van der Waals surface area contributed by atoms with Gasteiger partial charge in [0.05, 0.1) is 21.7 Å². The first-order valence-electron chi connectivity index (χ1n) is 8.31. The first kappa shape index (κ1) is 21.8. The van der Waals surface area contributed by atoms with Crippen molar-refractivity contribution in [3.8, 4) is 0 Å². The van der Waals surface area contributed by atoms with Gasteiger partial charge in [-0.2, -0.15) is 13.2 Å². The lowest BCUT2D eigenvalue weighted by Crippen LogP contribution is -2.21. The molecular weight excluding hydrogens is 447 g/mol. The number of ether oxygens (including phenoxy) is 1. The van der Waals surface area contributed by atoms with Crippen LogP contribution in [0.5, 0.6) is 0 Å². The molecule has 0 unspecified atom stereocenters. The topological polar surface area (TPSA) is 101 Å². The van der Waals surface area contributed by atoms with E-state index in [9.17, 15) is 27.6 Å². The van der Waals surface area contributed by atoms with Gasteiger partial charge in [-0.3, -0.25) is 9.59 Å². The molecule has 0 spiro atoms. The fourth-order valence-electron chi connectivity index (χ4n) is 2.63. The van der Waals surface area contributed by atoms with Gasteiger partial charge in [-0.15, -0.1) is 11.3 Å². The highest BCUT2D eigenvalue weighted by Crippen LogP contribution is 2.34. The van der Waals surface area contributed by atoms with E-state index < -0.39 is 35.8 Å². The number of fused-ring (bicyclic) bond motifs is 1. The van der Waals surface area contributed by atoms with Crippen LogP contribution in [-0.2, 0) is 15.7 Å². The lowest BCUT2D eigenvalue weighted by Gasteiger charge is -2.11. The minimum absolute atomic E-state index is 0.0958. The van der Waals surface area contributed by atoms with Gasteiger partial charge in [-0.05, 0) is 37.6 Å². The van der Waals surface area contributed by atoms with E-state index in [1.807, 2.05) is 0 Å². The van der Waals surface area contributed by atoms with Crippen molar-refractivity contribution in [3.05, 3.63) is 55.4 Å². The normalized spacial score (nSPS) is 11.5. The maximum absolute atomic E-state index is 12.8. The summed E-state index contributed by atoms with van der Waals surface area (Å²) in [7, 11) is 0. The molecule has 2 N–H and O–H groups in total. The zero-order chi connectivity index (χ0) is 22.2. The predicted octanol–water partition coefficient (Wildman–Crippen LogP) is 4.07. The van der Waals surface area contributed by atoms with E-state index in [0.717, 1.165) is 23.5 Å². The number of amides is 1. The van der Waals surface area contributed by atoms with Gasteiger partial charge < -0.3 is 15.0 Å². The van der Waals surface area contributed by atoms with Gasteiger partial charge in [0.25, 0.3) is 11.5 Å². The molecule has 0 bridgehead atoms. The van der Waals surface area contributed by atoms with E-state index >= 15 is 0 Å². The average Bonchev–Trinajstić information content (AvgIpc) is 2.97. The molecule has 12 heteroatoms. The number of nitrogens with zero attached hydrogens (tertiary/aromatic N) is 1. The number of hydrogen-bond acceptors (Lipinski definition) is 6. The van der Waals surface area contributed by atoms with Crippen LogP contribution in [0.4, 0.5) is 18.9 Å². The summed E-state index contributed by atoms with van der Waals surface area (Å²) in [6, 6.07) is 2.46. The number of halogens is 4. The van der Waals surface area contributed by atoms with Gasteiger partial charge >= 0.3 is 12.1 Å². The van der Waals surface area contributed by atoms with Crippen molar-refractivity contribution in [1.29, 1.82) is 0 Å². The van der Waals surface area contributed by atoms with Gasteiger partial charge in [0, 0.05) is 0 Å². The molecule has 0 radical (unpaired) electrons. The standard InChI is InChI=1S/C18H13ClF3N3O4S/c1-7-13-15(27)23-8(2)24-16(13)30-14(7)17(28)29-6-12(26)25-11-5-9(18(20,21)22)3-4-10(11)19/h3-5H,6H2,1-2H3,(H,25,26)(H,23,24,27). The number of carbonyl (C=O) groups excluding carboxylic acids is 2. The number of nitrogens with one attached hydrogen (secondary N) is 2. The third kappa shape index (κ3) is 4.46. The van der Waals surface area contributed by atoms with Crippen LogP contribution in [0.1, 0.15) is 26.6 Å². The van der Waals surface area contributed by atoms with Crippen molar-refractivity contribution < 1.29 is 27.5 Å². The maximum atomic E-state index is 12.8. The molecule has 0 aliphatic carbocycles. The summed E-state index contributed by atoms with van der Waals surface area (Å²) in [6.45, 7) is 2.38. The molecule has 1 aromatic carbocycles. The van der Waals surface area contributed by atoms with Crippen molar-refractivity contribution in [2.45, 2.75) is 20.0 Å². The van der Waals surface area contributed by atoms with E-state index in [2.05, 4.69) is 15.3 Å². The van der Waals surface area contributed by atoms with Crippen molar-refractivity contribution in [2.75, 3.05) is 11.9 Å². The van der Waals surface area contributed by atoms with E-state index in [-0.39, 0.29) is 21.0 Å². The molecule has 3 aromatic rings. The second-order valence-corrected chi connectivity index (χ2v) is 7.61. The number of H-pyrrole nitrogens is 1. The quantitative estimate of drug-likeness (QED) is 0.573. The van der Waals surface area contributed by atoms with Gasteiger partial charge in [-0.1, -0.05) is 11.6 Å². The Bertz CT molecular complexity index is 1220. The summed E-state index contributed by atoms with van der Waals surface area (Å²) in [5.41, 5.74) is -1.30. The molecule has 3 rings (SSSR count). The van der Waals surface area contributed by atoms with Gasteiger partial charge in [0.2, 0.25) is 0 Å². The average molecular weight is 460 g/mol. The van der Waals surface area contributed by atoms with Gasteiger partial charge in [0.15, 0.2) is 6.61 Å². The van der Waals surface area contributed by atoms with Crippen LogP contribution in [0.3, 0.4) is 0 Å². The molecule has 2 aromatic heterocycles. The van der Waals surface area contributed by atoms with Crippen molar-refractivity contribution in [2.24, 2.45) is 0 Å². The summed E-state index contributed by atoms with van der Waals surface area (Å²) in [4.78, 5) is 43.6. The Morgan fingerprint density at radius 2 is 2.00 bits per heavy atom. The Kier molecular flexibility index (Phi) is 5.86. The van der Waals surface area contributed by atoms with Gasteiger partial charge in [-0.25, -0.2) is 9.78 Å². The van der Waals surface area contributed by atoms with Crippen LogP contribution >= 0.6 is 22.9 Å². The van der Waals surface area contributed by atoms with Crippen LogP contribution in [0.25, 0.3) is 10.2 Å². The number of rotatable bonds is 4. The number of aromatic amines is 1. The first-order valence-corrected chi connectivity index (χ1v) is 9.50. The third-order valence-electron chi connectivity index (χ3n) is 4.01.